The van der Waals surface area contributed by atoms with Crippen molar-refractivity contribution < 1.29 is 19.0 Å². The van der Waals surface area contributed by atoms with Crippen LogP contribution in [0.3, 0.4) is 0 Å². The molecule has 274 valence electrons. The lowest BCUT2D eigenvalue weighted by Gasteiger charge is -2.32. The summed E-state index contributed by atoms with van der Waals surface area (Å²) in [6.07, 6.45) is 2.02. The summed E-state index contributed by atoms with van der Waals surface area (Å²) < 4.78 is 18.3. The number of hydrogen-bond acceptors (Lipinski definition) is 5. The summed E-state index contributed by atoms with van der Waals surface area (Å²) in [4.78, 5) is 14.9. The van der Waals surface area contributed by atoms with Crippen molar-refractivity contribution in [2.75, 3.05) is 13.2 Å². The van der Waals surface area contributed by atoms with Crippen LogP contribution in [0, 0.1) is 0 Å². The molecule has 1 atom stereocenters. The summed E-state index contributed by atoms with van der Waals surface area (Å²) in [5, 5.41) is 2.99. The zero-order valence-electron chi connectivity index (χ0n) is 32.4. The lowest BCUT2D eigenvalue weighted by Crippen LogP contribution is -2.47. The van der Waals surface area contributed by atoms with Gasteiger partial charge in [0.05, 0.1) is 6.61 Å². The van der Waals surface area contributed by atoms with Crippen molar-refractivity contribution in [2.45, 2.75) is 117 Å². The van der Waals surface area contributed by atoms with E-state index in [-0.39, 0.29) is 5.92 Å². The SMILES string of the molecule is CC(C)N(CC[C@H](c1ccccc1)c1cc(CCOc2ccc(CC(C)(C)NC(=O)OC(C)(C)C)cc2)ccc1OCc1ccccc1)C(C)C. The van der Waals surface area contributed by atoms with Crippen molar-refractivity contribution in [1.29, 1.82) is 0 Å². The van der Waals surface area contributed by atoms with Gasteiger partial charge in [-0.05, 0) is 122 Å². The molecule has 4 rings (SSSR count). The summed E-state index contributed by atoms with van der Waals surface area (Å²) >= 11 is 0. The second-order valence-corrected chi connectivity index (χ2v) is 15.8. The number of carbonyl (C=O) groups is 1. The Labute approximate surface area is 307 Å². The molecule has 1 N–H and O–H groups in total. The van der Waals surface area contributed by atoms with E-state index in [0.717, 1.165) is 42.0 Å². The Balaban J connectivity index is 1.49. The number of nitrogens with zero attached hydrogens (tertiary/aromatic N) is 1. The first-order chi connectivity index (χ1) is 24.2. The Morgan fingerprint density at radius 3 is 1.94 bits per heavy atom. The Morgan fingerprint density at radius 1 is 0.725 bits per heavy atom. The van der Waals surface area contributed by atoms with Gasteiger partial charge in [-0.15, -0.1) is 0 Å². The number of hydrogen-bond donors (Lipinski definition) is 1. The topological polar surface area (TPSA) is 60.0 Å². The van der Waals surface area contributed by atoms with Gasteiger partial charge in [0.1, 0.15) is 23.7 Å². The number of carbonyl (C=O) groups excluding carboxylic acids is 1. The first kappa shape index (κ1) is 39.5. The smallest absolute Gasteiger partial charge is 0.408 e. The highest BCUT2D eigenvalue weighted by Crippen LogP contribution is 2.36. The van der Waals surface area contributed by atoms with Crippen LogP contribution in [-0.2, 0) is 24.2 Å². The number of rotatable bonds is 17. The Bertz CT molecular complexity index is 1620. The minimum atomic E-state index is -0.536. The first-order valence-corrected chi connectivity index (χ1v) is 18.5. The fourth-order valence-electron chi connectivity index (χ4n) is 6.60. The van der Waals surface area contributed by atoms with Crippen LogP contribution in [0.25, 0.3) is 0 Å². The largest absolute Gasteiger partial charge is 0.493 e. The summed E-state index contributed by atoms with van der Waals surface area (Å²) in [5.74, 6) is 1.93. The summed E-state index contributed by atoms with van der Waals surface area (Å²) in [7, 11) is 0. The molecule has 4 aromatic rings. The standard InChI is InChI=1S/C45H60N2O4/c1-33(2)47(34(3)4)28-26-40(38-18-14-11-15-19-38)41-30-35(22-25-42(41)50-32-37-16-12-10-13-17-37)27-29-49-39-23-20-36(21-24-39)31-45(8,9)46-43(48)51-44(5,6)7/h10-25,30,33-34,40H,26-29,31-32H2,1-9H3,(H,46,48)/t40-/m1/s1. The molecule has 51 heavy (non-hydrogen) atoms. The third-order valence-electron chi connectivity index (χ3n) is 8.96. The molecular weight excluding hydrogens is 633 g/mol. The Kier molecular flexibility index (Phi) is 14.2. The normalized spacial score (nSPS) is 12.6. The highest BCUT2D eigenvalue weighted by molar-refractivity contribution is 5.68. The number of nitrogens with one attached hydrogen (secondary N) is 1. The second kappa shape index (κ2) is 18.3. The molecule has 0 unspecified atom stereocenters. The lowest BCUT2D eigenvalue weighted by molar-refractivity contribution is 0.0472. The van der Waals surface area contributed by atoms with E-state index in [2.05, 4.69) is 123 Å². The molecule has 0 aliphatic rings. The molecule has 6 nitrogen and oxygen atoms in total. The second-order valence-electron chi connectivity index (χ2n) is 15.8. The van der Waals surface area contributed by atoms with Crippen LogP contribution in [0.1, 0.15) is 102 Å². The highest BCUT2D eigenvalue weighted by Gasteiger charge is 2.25. The quantitative estimate of drug-likeness (QED) is 0.119. The Hall–Kier alpha value is -4.29. The monoisotopic (exact) mass is 692 g/mol. The fourth-order valence-corrected chi connectivity index (χ4v) is 6.60. The molecule has 0 saturated heterocycles. The van der Waals surface area contributed by atoms with E-state index in [4.69, 9.17) is 14.2 Å². The average molecular weight is 693 g/mol. The van der Waals surface area contributed by atoms with E-state index in [0.29, 0.717) is 31.7 Å². The molecule has 0 saturated carbocycles. The molecule has 0 aliphatic heterocycles. The van der Waals surface area contributed by atoms with E-state index in [1.165, 1.54) is 16.7 Å². The van der Waals surface area contributed by atoms with Crippen LogP contribution >= 0.6 is 0 Å². The van der Waals surface area contributed by atoms with Gasteiger partial charge in [0.25, 0.3) is 0 Å². The number of amides is 1. The number of benzene rings is 4. The van der Waals surface area contributed by atoms with Crippen molar-refractivity contribution in [2.24, 2.45) is 0 Å². The van der Waals surface area contributed by atoms with Crippen molar-refractivity contribution >= 4 is 6.09 Å². The molecule has 6 heteroatoms. The van der Waals surface area contributed by atoms with Crippen molar-refractivity contribution in [3.05, 3.63) is 131 Å². The average Bonchev–Trinajstić information content (AvgIpc) is 3.06. The van der Waals surface area contributed by atoms with Gasteiger partial charge in [0, 0.05) is 35.5 Å². The zero-order chi connectivity index (χ0) is 37.0. The minimum absolute atomic E-state index is 0.180. The Morgan fingerprint density at radius 2 is 1.33 bits per heavy atom. The van der Waals surface area contributed by atoms with E-state index in [9.17, 15) is 4.79 Å². The maximum Gasteiger partial charge on any atom is 0.408 e. The maximum atomic E-state index is 12.3. The molecule has 0 heterocycles. The fraction of sp³-hybridized carbons (Fsp3) is 0.444. The number of ether oxygens (including phenoxy) is 3. The molecule has 1 amide bonds. The summed E-state index contributed by atoms with van der Waals surface area (Å²) in [6, 6.07) is 36.9. The van der Waals surface area contributed by atoms with Gasteiger partial charge in [0.2, 0.25) is 0 Å². The molecule has 0 fully saturated rings. The highest BCUT2D eigenvalue weighted by atomic mass is 16.6. The van der Waals surface area contributed by atoms with Crippen molar-refractivity contribution in [3.63, 3.8) is 0 Å². The number of alkyl carbamates (subject to hydrolysis) is 1. The first-order valence-electron chi connectivity index (χ1n) is 18.5. The third-order valence-corrected chi connectivity index (χ3v) is 8.96. The van der Waals surface area contributed by atoms with E-state index in [1.54, 1.807) is 0 Å². The van der Waals surface area contributed by atoms with Crippen LogP contribution < -0.4 is 14.8 Å². The van der Waals surface area contributed by atoms with Crippen molar-refractivity contribution in [3.8, 4) is 11.5 Å². The third kappa shape index (κ3) is 13.1. The predicted octanol–water partition coefficient (Wildman–Crippen LogP) is 10.4. The molecule has 0 aromatic heterocycles. The lowest BCUT2D eigenvalue weighted by atomic mass is 9.86. The van der Waals surface area contributed by atoms with Crippen LogP contribution in [0.5, 0.6) is 11.5 Å². The van der Waals surface area contributed by atoms with Gasteiger partial charge >= 0.3 is 6.09 Å². The molecular formula is C45H60N2O4. The van der Waals surface area contributed by atoms with Gasteiger partial charge < -0.3 is 19.5 Å². The van der Waals surface area contributed by atoms with E-state index in [1.807, 2.05) is 52.8 Å². The van der Waals surface area contributed by atoms with Crippen LogP contribution in [-0.4, -0.2) is 47.4 Å². The van der Waals surface area contributed by atoms with E-state index < -0.39 is 17.2 Å². The zero-order valence-corrected chi connectivity index (χ0v) is 32.4. The molecule has 0 radical (unpaired) electrons. The molecule has 0 bridgehead atoms. The maximum absolute atomic E-state index is 12.3. The molecule has 4 aromatic carbocycles. The van der Waals surface area contributed by atoms with Gasteiger partial charge in [-0.3, -0.25) is 4.90 Å². The molecule has 0 aliphatic carbocycles. The van der Waals surface area contributed by atoms with Crippen LogP contribution in [0.15, 0.2) is 103 Å². The van der Waals surface area contributed by atoms with Gasteiger partial charge in [0.15, 0.2) is 0 Å². The summed E-state index contributed by atoms with van der Waals surface area (Å²) in [5.41, 5.74) is 5.00. The minimum Gasteiger partial charge on any atom is -0.493 e. The van der Waals surface area contributed by atoms with Crippen molar-refractivity contribution in [1.82, 2.24) is 10.2 Å². The summed E-state index contributed by atoms with van der Waals surface area (Å²) in [6.45, 7) is 20.8. The predicted molar refractivity (Wildman–Crippen MR) is 210 cm³/mol. The van der Waals surface area contributed by atoms with Crippen LogP contribution in [0.4, 0.5) is 4.79 Å². The van der Waals surface area contributed by atoms with E-state index >= 15 is 0 Å². The van der Waals surface area contributed by atoms with Gasteiger partial charge in [-0.25, -0.2) is 4.79 Å². The van der Waals surface area contributed by atoms with Gasteiger partial charge in [-0.2, -0.15) is 0 Å². The van der Waals surface area contributed by atoms with Crippen LogP contribution in [0.2, 0.25) is 0 Å². The molecule has 0 spiro atoms. The van der Waals surface area contributed by atoms with Gasteiger partial charge in [-0.1, -0.05) is 84.9 Å².